The summed E-state index contributed by atoms with van der Waals surface area (Å²) >= 11 is 0. The van der Waals surface area contributed by atoms with Crippen LogP contribution in [0.15, 0.2) is 0 Å². The Balaban J connectivity index is 0.812. The summed E-state index contributed by atoms with van der Waals surface area (Å²) < 4.78 is 17.9. The molecule has 4 bridgehead atoms. The quantitative estimate of drug-likeness (QED) is 0.226. The molecule has 12 atom stereocenters. The maximum absolute atomic E-state index is 13.1. The Morgan fingerprint density at radius 1 is 0.857 bits per heavy atom. The first-order chi connectivity index (χ1) is 16.9. The Morgan fingerprint density at radius 2 is 1.57 bits per heavy atom. The summed E-state index contributed by atoms with van der Waals surface area (Å²) in [5.41, 5.74) is 0.869. The molecule has 190 valence electrons. The second kappa shape index (κ2) is 6.30. The lowest BCUT2D eigenvalue weighted by atomic mass is 9.13. The van der Waals surface area contributed by atoms with E-state index >= 15 is 0 Å². The number of carbonyl (C=O) groups excluding carboxylic acids is 2. The standard InChI is InChI=1S/C30H40O5/c1-14-9-28(14,2)27(32)35-23-6-16-5-22(23)25-20-3-15(24(16)25)4-21(20)26(31)34-13-33-12-29-10-18-7-17-8-19(11-29)30(17,18)29/h14-25H,3-13H2,1-2H3. The first-order valence-corrected chi connectivity index (χ1v) is 14.8. The molecule has 35 heavy (non-hydrogen) atoms. The van der Waals surface area contributed by atoms with Crippen LogP contribution in [-0.4, -0.2) is 31.4 Å². The van der Waals surface area contributed by atoms with Crippen molar-refractivity contribution in [1.29, 1.82) is 0 Å². The molecule has 0 amide bonds. The minimum Gasteiger partial charge on any atom is -0.462 e. The van der Waals surface area contributed by atoms with Crippen molar-refractivity contribution in [2.45, 2.75) is 77.7 Å². The van der Waals surface area contributed by atoms with Crippen LogP contribution in [-0.2, 0) is 23.8 Å². The lowest BCUT2D eigenvalue weighted by Crippen LogP contribution is -2.86. The highest BCUT2D eigenvalue weighted by Gasteiger charge is 2.87. The molecule has 9 fully saturated rings. The van der Waals surface area contributed by atoms with E-state index in [1.165, 1.54) is 38.5 Å². The van der Waals surface area contributed by atoms with E-state index in [0.717, 1.165) is 49.5 Å². The van der Waals surface area contributed by atoms with Gasteiger partial charge in [-0.05, 0) is 129 Å². The monoisotopic (exact) mass is 480 g/mol. The minimum absolute atomic E-state index is 0.0228. The molecular formula is C30H40O5. The van der Waals surface area contributed by atoms with Gasteiger partial charge in [-0.2, -0.15) is 0 Å². The summed E-state index contributed by atoms with van der Waals surface area (Å²) in [6, 6.07) is 0. The molecule has 1 spiro atoms. The van der Waals surface area contributed by atoms with Gasteiger partial charge in [-0.3, -0.25) is 9.59 Å². The SMILES string of the molecule is CC1CC1(C)C(=O)OC1CC2CC1C1C3CC(CC3C(=O)OCOCC34CC5CC6CC(C3)C654)C21. The molecule has 12 unspecified atom stereocenters. The molecule has 0 aromatic carbocycles. The zero-order chi connectivity index (χ0) is 23.5. The smallest absolute Gasteiger partial charge is 0.312 e. The van der Waals surface area contributed by atoms with Gasteiger partial charge in [0.05, 0.1) is 17.9 Å². The van der Waals surface area contributed by atoms with Crippen molar-refractivity contribution in [3.05, 3.63) is 0 Å². The fourth-order valence-corrected chi connectivity index (χ4v) is 12.9. The highest BCUT2D eigenvalue weighted by molar-refractivity contribution is 5.80. The number of esters is 2. The highest BCUT2D eigenvalue weighted by atomic mass is 16.7. The van der Waals surface area contributed by atoms with Crippen LogP contribution in [0.4, 0.5) is 0 Å². The van der Waals surface area contributed by atoms with Crippen LogP contribution in [0.1, 0.15) is 71.6 Å². The molecule has 9 saturated carbocycles. The van der Waals surface area contributed by atoms with Crippen molar-refractivity contribution in [1.82, 2.24) is 0 Å². The highest BCUT2D eigenvalue weighted by Crippen LogP contribution is 2.92. The summed E-state index contributed by atoms with van der Waals surface area (Å²) in [7, 11) is 0. The van der Waals surface area contributed by atoms with Gasteiger partial charge in [0, 0.05) is 5.41 Å². The molecule has 0 aromatic heterocycles. The van der Waals surface area contributed by atoms with Crippen LogP contribution >= 0.6 is 0 Å². The predicted octanol–water partition coefficient (Wildman–Crippen LogP) is 4.83. The Hall–Kier alpha value is -1.10. The van der Waals surface area contributed by atoms with Gasteiger partial charge in [-0.15, -0.1) is 0 Å². The molecule has 9 aliphatic carbocycles. The van der Waals surface area contributed by atoms with Crippen molar-refractivity contribution < 1.29 is 23.8 Å². The number of ether oxygens (including phenoxy) is 3. The molecule has 0 heterocycles. The van der Waals surface area contributed by atoms with Gasteiger partial charge < -0.3 is 14.2 Å². The number of hydrogen-bond acceptors (Lipinski definition) is 5. The van der Waals surface area contributed by atoms with Crippen LogP contribution in [0.3, 0.4) is 0 Å². The van der Waals surface area contributed by atoms with Crippen LogP contribution < -0.4 is 0 Å². The Labute approximate surface area is 208 Å². The predicted molar refractivity (Wildman–Crippen MR) is 125 cm³/mol. The van der Waals surface area contributed by atoms with Crippen molar-refractivity contribution in [2.24, 2.45) is 81.3 Å². The lowest BCUT2D eigenvalue weighted by molar-refractivity contribution is -0.441. The van der Waals surface area contributed by atoms with Gasteiger partial charge in [-0.25, -0.2) is 0 Å². The van der Waals surface area contributed by atoms with E-state index in [1.54, 1.807) is 0 Å². The van der Waals surface area contributed by atoms with Gasteiger partial charge in [0.1, 0.15) is 6.10 Å². The van der Waals surface area contributed by atoms with Crippen LogP contribution in [0, 0.1) is 81.3 Å². The maximum Gasteiger partial charge on any atom is 0.312 e. The number of rotatable bonds is 7. The number of fused-ring (bicyclic) bond motifs is 9. The third-order valence-corrected chi connectivity index (χ3v) is 14.5. The van der Waals surface area contributed by atoms with E-state index in [9.17, 15) is 9.59 Å². The van der Waals surface area contributed by atoms with Crippen LogP contribution in [0.25, 0.3) is 0 Å². The topological polar surface area (TPSA) is 61.8 Å². The molecule has 5 nitrogen and oxygen atoms in total. The fourth-order valence-electron chi connectivity index (χ4n) is 12.9. The average Bonchev–Trinajstić information content (AvgIpc) is 3.30. The van der Waals surface area contributed by atoms with E-state index in [4.69, 9.17) is 14.2 Å². The van der Waals surface area contributed by atoms with Crippen molar-refractivity contribution >= 4 is 11.9 Å². The Morgan fingerprint density at radius 3 is 2.26 bits per heavy atom. The fraction of sp³-hybridized carbons (Fsp3) is 0.933. The molecular weight excluding hydrogens is 440 g/mol. The number of carbonyl (C=O) groups is 2. The number of hydrogen-bond donors (Lipinski definition) is 0. The summed E-state index contributed by atoms with van der Waals surface area (Å²) in [5, 5.41) is 0. The summed E-state index contributed by atoms with van der Waals surface area (Å²) in [6.45, 7) is 5.15. The zero-order valence-corrected chi connectivity index (χ0v) is 21.2. The normalized spacial score (nSPS) is 62.5. The van der Waals surface area contributed by atoms with E-state index in [0.29, 0.717) is 46.3 Å². The maximum atomic E-state index is 13.1. The molecule has 0 aliphatic heterocycles. The molecule has 9 rings (SSSR count). The van der Waals surface area contributed by atoms with Crippen molar-refractivity contribution in [2.75, 3.05) is 13.4 Å². The minimum atomic E-state index is -0.250. The van der Waals surface area contributed by atoms with E-state index < -0.39 is 0 Å². The van der Waals surface area contributed by atoms with Gasteiger partial charge in [-0.1, -0.05) is 6.92 Å². The first kappa shape index (κ1) is 20.9. The van der Waals surface area contributed by atoms with Crippen molar-refractivity contribution in [3.63, 3.8) is 0 Å². The molecule has 0 aromatic rings. The summed E-state index contributed by atoms with van der Waals surface area (Å²) in [6.07, 6.45) is 11.1. The summed E-state index contributed by atoms with van der Waals surface area (Å²) in [4.78, 5) is 26.0. The first-order valence-electron chi connectivity index (χ1n) is 14.8. The Kier molecular flexibility index (Phi) is 3.76. The van der Waals surface area contributed by atoms with Crippen molar-refractivity contribution in [3.8, 4) is 0 Å². The lowest BCUT2D eigenvalue weighted by Gasteiger charge is -2.91. The molecule has 9 aliphatic rings. The van der Waals surface area contributed by atoms with E-state index in [2.05, 4.69) is 13.8 Å². The Bertz CT molecular complexity index is 995. The molecule has 0 N–H and O–H groups in total. The molecule has 0 radical (unpaired) electrons. The van der Waals surface area contributed by atoms with E-state index in [-0.39, 0.29) is 36.2 Å². The van der Waals surface area contributed by atoms with E-state index in [1.807, 2.05) is 0 Å². The second-order valence-corrected chi connectivity index (χ2v) is 15.1. The zero-order valence-electron chi connectivity index (χ0n) is 21.2. The van der Waals surface area contributed by atoms with Crippen LogP contribution in [0.2, 0.25) is 0 Å². The average molecular weight is 481 g/mol. The van der Waals surface area contributed by atoms with Gasteiger partial charge in [0.25, 0.3) is 0 Å². The summed E-state index contributed by atoms with van der Waals surface area (Å²) in [5.74, 6) is 7.02. The largest absolute Gasteiger partial charge is 0.462 e. The van der Waals surface area contributed by atoms with Gasteiger partial charge in [0.2, 0.25) is 0 Å². The molecule has 0 saturated heterocycles. The van der Waals surface area contributed by atoms with Gasteiger partial charge in [0.15, 0.2) is 6.79 Å². The van der Waals surface area contributed by atoms with Crippen LogP contribution in [0.5, 0.6) is 0 Å². The molecule has 5 heteroatoms. The third kappa shape index (κ3) is 2.22. The van der Waals surface area contributed by atoms with Gasteiger partial charge >= 0.3 is 11.9 Å². The second-order valence-electron chi connectivity index (χ2n) is 15.1. The third-order valence-electron chi connectivity index (χ3n) is 14.5.